The number of aliphatic hydroxyl groups excluding tert-OH is 1. The first kappa shape index (κ1) is 34.5. The number of methoxy groups -OCH3 is 2. The third-order valence-corrected chi connectivity index (χ3v) is 10.4. The van der Waals surface area contributed by atoms with Crippen LogP contribution in [0.3, 0.4) is 0 Å². The second kappa shape index (κ2) is 16.2. The fourth-order valence-corrected chi connectivity index (χ4v) is 8.08. The van der Waals surface area contributed by atoms with E-state index in [1.165, 1.54) is 50.5 Å². The van der Waals surface area contributed by atoms with Crippen LogP contribution in [0.5, 0.6) is 0 Å². The first-order valence-electron chi connectivity index (χ1n) is 16.1. The number of rotatable bonds is 16. The van der Waals surface area contributed by atoms with Gasteiger partial charge in [-0.2, -0.15) is 0 Å². The molecule has 0 aromatic rings. The van der Waals surface area contributed by atoms with Crippen LogP contribution in [-0.4, -0.2) is 63.9 Å². The number of hydrogen-bond donors (Lipinski definition) is 1. The minimum Gasteiger partial charge on any atom is -0.396 e. The molecule has 3 aliphatic carbocycles. The van der Waals surface area contributed by atoms with Crippen molar-refractivity contribution in [1.29, 1.82) is 0 Å². The summed E-state index contributed by atoms with van der Waals surface area (Å²) in [5, 5.41) is 9.21. The Morgan fingerprint density at radius 3 is 2.56 bits per heavy atom. The van der Waals surface area contributed by atoms with E-state index in [0.29, 0.717) is 37.1 Å². The molecule has 0 unspecified atom stereocenters. The summed E-state index contributed by atoms with van der Waals surface area (Å²) < 4.78 is 28.5. The van der Waals surface area contributed by atoms with Crippen molar-refractivity contribution in [3.05, 3.63) is 35.5 Å². The van der Waals surface area contributed by atoms with Crippen LogP contribution < -0.4 is 0 Å². The zero-order valence-corrected chi connectivity index (χ0v) is 27.2. The van der Waals surface area contributed by atoms with Crippen LogP contribution >= 0.6 is 0 Å². The van der Waals surface area contributed by atoms with E-state index < -0.39 is 0 Å². The molecule has 0 aromatic carbocycles. The van der Waals surface area contributed by atoms with Crippen molar-refractivity contribution in [2.24, 2.45) is 29.1 Å². The highest BCUT2D eigenvalue weighted by molar-refractivity contribution is 5.40. The minimum atomic E-state index is -0.236. The summed E-state index contributed by atoms with van der Waals surface area (Å²) in [6.07, 6.45) is 16.0. The molecular weight excluding hydrogens is 516 g/mol. The van der Waals surface area contributed by atoms with Crippen LogP contribution in [0.1, 0.15) is 98.8 Å². The smallest absolute Gasteiger partial charge is 0.147 e. The van der Waals surface area contributed by atoms with Gasteiger partial charge in [0.15, 0.2) is 0 Å². The van der Waals surface area contributed by atoms with E-state index >= 15 is 0 Å². The highest BCUT2D eigenvalue weighted by Crippen LogP contribution is 2.60. The van der Waals surface area contributed by atoms with Gasteiger partial charge in [-0.15, -0.1) is 0 Å². The van der Waals surface area contributed by atoms with Crippen LogP contribution in [-0.2, 0) is 23.7 Å². The van der Waals surface area contributed by atoms with Gasteiger partial charge in [0, 0.05) is 27.4 Å². The molecule has 1 N–H and O–H groups in total. The molecule has 3 fully saturated rings. The summed E-state index contributed by atoms with van der Waals surface area (Å²) in [7, 11) is 3.33. The van der Waals surface area contributed by atoms with Gasteiger partial charge in [-0.05, 0) is 105 Å². The molecule has 0 saturated heterocycles. The van der Waals surface area contributed by atoms with Gasteiger partial charge in [-0.25, -0.2) is 0 Å². The normalized spacial score (nSPS) is 33.5. The molecule has 7 atom stereocenters. The van der Waals surface area contributed by atoms with E-state index in [2.05, 4.69) is 53.3 Å². The average Bonchev–Trinajstić information content (AvgIpc) is 3.30. The third kappa shape index (κ3) is 9.00. The molecule has 3 aliphatic rings. The molecule has 0 aromatic heterocycles. The lowest BCUT2D eigenvalue weighted by molar-refractivity contribution is -0.132. The summed E-state index contributed by atoms with van der Waals surface area (Å²) in [6.45, 7) is 17.3. The lowest BCUT2D eigenvalue weighted by Crippen LogP contribution is -2.43. The fourth-order valence-electron chi connectivity index (χ4n) is 8.08. The largest absolute Gasteiger partial charge is 0.396 e. The number of allylic oxidation sites excluding steroid dienone is 3. The lowest BCUT2D eigenvalue weighted by atomic mass is 9.60. The quantitative estimate of drug-likeness (QED) is 0.151. The van der Waals surface area contributed by atoms with Crippen LogP contribution in [0, 0.1) is 29.1 Å². The van der Waals surface area contributed by atoms with E-state index in [1.54, 1.807) is 19.8 Å². The van der Waals surface area contributed by atoms with Crippen LogP contribution in [0.2, 0.25) is 0 Å². The zero-order valence-electron chi connectivity index (χ0n) is 27.2. The molecule has 6 heteroatoms. The minimum absolute atomic E-state index is 0.0823. The van der Waals surface area contributed by atoms with Crippen molar-refractivity contribution < 1.29 is 28.8 Å². The number of aliphatic hydroxyl groups is 1. The Morgan fingerprint density at radius 2 is 1.85 bits per heavy atom. The molecule has 0 heterocycles. The van der Waals surface area contributed by atoms with Gasteiger partial charge in [0.25, 0.3) is 0 Å². The predicted molar refractivity (Wildman–Crippen MR) is 166 cm³/mol. The highest BCUT2D eigenvalue weighted by atomic mass is 16.7. The summed E-state index contributed by atoms with van der Waals surface area (Å²) in [5.41, 5.74) is 4.15. The summed E-state index contributed by atoms with van der Waals surface area (Å²) in [6, 6.07) is 0. The van der Waals surface area contributed by atoms with E-state index in [4.69, 9.17) is 23.7 Å². The van der Waals surface area contributed by atoms with Gasteiger partial charge < -0.3 is 28.8 Å². The van der Waals surface area contributed by atoms with Crippen LogP contribution in [0.25, 0.3) is 0 Å². The monoisotopic (exact) mass is 576 g/mol. The molecule has 3 rings (SSSR count). The average molecular weight is 577 g/mol. The maximum atomic E-state index is 9.21. The maximum Gasteiger partial charge on any atom is 0.147 e. The Hall–Kier alpha value is -1.02. The molecular formula is C35H60O6. The second-order valence-electron chi connectivity index (χ2n) is 13.8. The van der Waals surface area contributed by atoms with Gasteiger partial charge in [0.05, 0.1) is 11.7 Å². The van der Waals surface area contributed by atoms with Crippen LogP contribution in [0.4, 0.5) is 0 Å². The highest BCUT2D eigenvalue weighted by Gasteiger charge is 2.50. The molecule has 0 bridgehead atoms. The molecule has 236 valence electrons. The van der Waals surface area contributed by atoms with Crippen molar-refractivity contribution >= 4 is 0 Å². The van der Waals surface area contributed by atoms with E-state index in [9.17, 15) is 5.11 Å². The van der Waals surface area contributed by atoms with E-state index in [1.807, 2.05) is 0 Å². The first-order chi connectivity index (χ1) is 19.6. The Bertz CT molecular complexity index is 878. The number of ether oxygens (including phenoxy) is 5. The van der Waals surface area contributed by atoms with Gasteiger partial charge in [0.1, 0.15) is 19.7 Å². The number of hydrogen-bond acceptors (Lipinski definition) is 6. The van der Waals surface area contributed by atoms with E-state index in [0.717, 1.165) is 30.3 Å². The molecule has 0 aliphatic heterocycles. The summed E-state index contributed by atoms with van der Waals surface area (Å²) >= 11 is 0. The van der Waals surface area contributed by atoms with Gasteiger partial charge >= 0.3 is 0 Å². The van der Waals surface area contributed by atoms with Crippen molar-refractivity contribution in [3.63, 3.8) is 0 Å². The van der Waals surface area contributed by atoms with E-state index in [-0.39, 0.29) is 31.2 Å². The molecule has 41 heavy (non-hydrogen) atoms. The van der Waals surface area contributed by atoms with Gasteiger partial charge in [0.2, 0.25) is 0 Å². The summed E-state index contributed by atoms with van der Waals surface area (Å²) in [5.74, 6) is 2.47. The van der Waals surface area contributed by atoms with Crippen molar-refractivity contribution in [2.75, 3.05) is 41.0 Å². The fraction of sp³-hybridized carbons (Fsp3) is 0.829. The number of fused-ring (bicyclic) bond motifs is 1. The topological polar surface area (TPSA) is 66.4 Å². The Kier molecular flexibility index (Phi) is 13.6. The lowest BCUT2D eigenvalue weighted by Gasteiger charge is -2.44. The molecule has 3 saturated carbocycles. The Balaban J connectivity index is 1.68. The third-order valence-electron chi connectivity index (χ3n) is 10.4. The summed E-state index contributed by atoms with van der Waals surface area (Å²) in [4.78, 5) is 0. The molecule has 6 nitrogen and oxygen atoms in total. The zero-order chi connectivity index (χ0) is 30.0. The SMILES string of the molecule is C=C1/C(=C\C=C2/CCC[C@]3(C)[C@@H]([C@H](C)CCCC(C)(C)OCOC)CC[C@@H]23)C[C@@H](C)[C@@H](OCCCO)[C@@H]1OCOC. The van der Waals surface area contributed by atoms with Gasteiger partial charge in [-0.3, -0.25) is 0 Å². The predicted octanol–water partition coefficient (Wildman–Crippen LogP) is 7.61. The molecule has 0 radical (unpaired) electrons. The molecule has 0 spiro atoms. The molecule has 0 amide bonds. The Labute approximate surface area is 250 Å². The van der Waals surface area contributed by atoms with Crippen molar-refractivity contribution in [1.82, 2.24) is 0 Å². The van der Waals surface area contributed by atoms with Crippen LogP contribution in [0.15, 0.2) is 35.5 Å². The Morgan fingerprint density at radius 1 is 1.10 bits per heavy atom. The van der Waals surface area contributed by atoms with Crippen molar-refractivity contribution in [3.8, 4) is 0 Å². The second-order valence-corrected chi connectivity index (χ2v) is 13.8. The van der Waals surface area contributed by atoms with Crippen molar-refractivity contribution in [2.45, 2.75) is 117 Å². The maximum absolute atomic E-state index is 9.21. The van der Waals surface area contributed by atoms with Gasteiger partial charge in [-0.1, -0.05) is 57.9 Å². The standard InChI is InChI=1S/C35H60O6/c1-25(12-9-18-34(4,5)41-24-38-8)30-16-17-31-28(13-10-19-35(30,31)6)14-15-29-22-26(2)32(39-21-11-20-36)33(27(29)3)40-23-37-7/h14-15,25-26,30-33,36H,3,9-13,16-24H2,1-2,4-8H3/b28-14+,29-15-/t25-,26-,30-,31+,32-,33-,35-/m1/s1. The first-order valence-corrected chi connectivity index (χ1v) is 16.1.